The average molecular weight is 352 g/mol. The van der Waals surface area contributed by atoms with E-state index in [1.54, 1.807) is 24.3 Å². The van der Waals surface area contributed by atoms with Crippen molar-refractivity contribution in [1.82, 2.24) is 5.32 Å². The van der Waals surface area contributed by atoms with Crippen LogP contribution in [0, 0.1) is 0 Å². The smallest absolute Gasteiger partial charge is 0.387 e. The maximum absolute atomic E-state index is 12.2. The number of anilines is 1. The molecule has 0 aliphatic carbocycles. The minimum atomic E-state index is -2.92. The number of hydrogen-bond donors (Lipinski definition) is 2. The van der Waals surface area contributed by atoms with Crippen LogP contribution in [-0.4, -0.2) is 26.9 Å². The lowest BCUT2D eigenvalue weighted by Crippen LogP contribution is -2.28. The molecule has 2 amide bonds. The molecule has 0 heterocycles. The fourth-order valence-corrected chi connectivity index (χ4v) is 2.10. The van der Waals surface area contributed by atoms with Crippen molar-refractivity contribution in [3.63, 3.8) is 0 Å². The molecule has 134 valence electrons. The predicted molar refractivity (Wildman–Crippen MR) is 88.5 cm³/mol. The Kier molecular flexibility index (Phi) is 6.39. The number of alkyl halides is 2. The molecule has 0 aromatic heterocycles. The topological polar surface area (TPSA) is 68.8 Å². The Bertz CT molecular complexity index is 726. The van der Waals surface area contributed by atoms with E-state index in [9.17, 15) is 13.6 Å². The zero-order valence-electron chi connectivity index (χ0n) is 13.7. The van der Waals surface area contributed by atoms with E-state index in [1.165, 1.54) is 32.4 Å². The normalized spacial score (nSPS) is 10.3. The molecule has 2 aromatic carbocycles. The Hall–Kier alpha value is -3.03. The van der Waals surface area contributed by atoms with Crippen molar-refractivity contribution >= 4 is 11.7 Å². The summed E-state index contributed by atoms with van der Waals surface area (Å²) in [6.45, 7) is -2.67. The third-order valence-electron chi connectivity index (χ3n) is 3.22. The van der Waals surface area contributed by atoms with Gasteiger partial charge in [-0.2, -0.15) is 8.78 Å². The van der Waals surface area contributed by atoms with Gasteiger partial charge in [0.2, 0.25) is 0 Å². The van der Waals surface area contributed by atoms with Crippen molar-refractivity contribution in [2.45, 2.75) is 13.2 Å². The molecule has 0 saturated carbocycles. The summed E-state index contributed by atoms with van der Waals surface area (Å²) in [7, 11) is 3.06. The van der Waals surface area contributed by atoms with Crippen molar-refractivity contribution in [3.8, 4) is 17.2 Å². The molecule has 2 aromatic rings. The molecule has 0 spiro atoms. The first-order chi connectivity index (χ1) is 12.0. The lowest BCUT2D eigenvalue weighted by Gasteiger charge is -2.11. The lowest BCUT2D eigenvalue weighted by molar-refractivity contribution is -0.0497. The van der Waals surface area contributed by atoms with Gasteiger partial charge in [-0.3, -0.25) is 0 Å². The number of carbonyl (C=O) groups is 1. The fourth-order valence-electron chi connectivity index (χ4n) is 2.10. The van der Waals surface area contributed by atoms with E-state index in [0.717, 1.165) is 5.56 Å². The molecule has 0 fully saturated rings. The second kappa shape index (κ2) is 8.72. The quantitative estimate of drug-likeness (QED) is 0.798. The number of ether oxygens (including phenoxy) is 3. The van der Waals surface area contributed by atoms with Gasteiger partial charge in [0, 0.05) is 18.3 Å². The van der Waals surface area contributed by atoms with Crippen LogP contribution in [0.2, 0.25) is 0 Å². The van der Waals surface area contributed by atoms with Crippen LogP contribution >= 0.6 is 0 Å². The van der Waals surface area contributed by atoms with Crippen LogP contribution < -0.4 is 24.8 Å². The van der Waals surface area contributed by atoms with Gasteiger partial charge < -0.3 is 24.8 Å². The maximum atomic E-state index is 12.2. The number of halogens is 2. The second-order valence-corrected chi connectivity index (χ2v) is 4.90. The molecule has 8 heteroatoms. The minimum absolute atomic E-state index is 0.0345. The highest BCUT2D eigenvalue weighted by molar-refractivity contribution is 5.89. The molecule has 0 aliphatic heterocycles. The molecule has 0 unspecified atom stereocenters. The van der Waals surface area contributed by atoms with E-state index in [1.807, 2.05) is 0 Å². The van der Waals surface area contributed by atoms with Crippen molar-refractivity contribution in [2.75, 3.05) is 19.5 Å². The molecular formula is C17H18F2N2O4. The Balaban J connectivity index is 1.92. The molecule has 25 heavy (non-hydrogen) atoms. The molecule has 6 nitrogen and oxygen atoms in total. The van der Waals surface area contributed by atoms with Crippen molar-refractivity contribution in [2.24, 2.45) is 0 Å². The summed E-state index contributed by atoms with van der Waals surface area (Å²) in [6, 6.07) is 10.5. The highest BCUT2D eigenvalue weighted by Crippen LogP contribution is 2.27. The summed E-state index contributed by atoms with van der Waals surface area (Å²) in [6.07, 6.45) is 0. The number of nitrogens with one attached hydrogen (secondary N) is 2. The molecule has 2 N–H and O–H groups in total. The Morgan fingerprint density at radius 3 is 2.52 bits per heavy atom. The fraction of sp³-hybridized carbons (Fsp3) is 0.235. The molecule has 0 radical (unpaired) electrons. The van der Waals surface area contributed by atoms with Crippen LogP contribution in [-0.2, 0) is 6.54 Å². The predicted octanol–water partition coefficient (Wildman–Crippen LogP) is 3.63. The first-order valence-corrected chi connectivity index (χ1v) is 7.32. The van der Waals surface area contributed by atoms with E-state index in [2.05, 4.69) is 15.4 Å². The summed E-state index contributed by atoms with van der Waals surface area (Å²) in [5, 5.41) is 5.21. The van der Waals surface area contributed by atoms with Crippen LogP contribution in [0.4, 0.5) is 19.3 Å². The van der Waals surface area contributed by atoms with Gasteiger partial charge in [0.25, 0.3) is 0 Å². The van der Waals surface area contributed by atoms with Gasteiger partial charge in [0.1, 0.15) is 5.75 Å². The number of hydrogen-bond acceptors (Lipinski definition) is 4. The van der Waals surface area contributed by atoms with E-state index in [-0.39, 0.29) is 12.3 Å². The monoisotopic (exact) mass is 352 g/mol. The average Bonchev–Trinajstić information content (AvgIpc) is 2.59. The van der Waals surface area contributed by atoms with Crippen molar-refractivity contribution < 1.29 is 27.8 Å². The molecule has 0 atom stereocenters. The van der Waals surface area contributed by atoms with Gasteiger partial charge in [-0.05, 0) is 29.8 Å². The number of carbonyl (C=O) groups excluding carboxylic acids is 1. The molecule has 2 rings (SSSR count). The van der Waals surface area contributed by atoms with Crippen LogP contribution in [0.1, 0.15) is 5.56 Å². The number of benzene rings is 2. The third-order valence-corrected chi connectivity index (χ3v) is 3.22. The Morgan fingerprint density at radius 2 is 1.84 bits per heavy atom. The van der Waals surface area contributed by atoms with Gasteiger partial charge in [-0.1, -0.05) is 12.1 Å². The number of urea groups is 1. The molecular weight excluding hydrogens is 334 g/mol. The van der Waals surface area contributed by atoms with E-state index in [4.69, 9.17) is 9.47 Å². The van der Waals surface area contributed by atoms with Crippen LogP contribution in [0.3, 0.4) is 0 Å². The Labute approximate surface area is 143 Å². The van der Waals surface area contributed by atoms with E-state index >= 15 is 0 Å². The van der Waals surface area contributed by atoms with Gasteiger partial charge >= 0.3 is 12.6 Å². The van der Waals surface area contributed by atoms with E-state index < -0.39 is 12.6 Å². The summed E-state index contributed by atoms with van der Waals surface area (Å²) in [4.78, 5) is 11.9. The molecule has 0 aliphatic rings. The first-order valence-electron chi connectivity index (χ1n) is 7.32. The maximum Gasteiger partial charge on any atom is 0.387 e. The summed E-state index contributed by atoms with van der Waals surface area (Å²) < 4.78 is 39.0. The summed E-state index contributed by atoms with van der Waals surface area (Å²) in [5.74, 6) is 1.11. The highest BCUT2D eigenvalue weighted by Gasteiger charge is 2.08. The number of methoxy groups -OCH3 is 2. The van der Waals surface area contributed by atoms with Crippen LogP contribution in [0.15, 0.2) is 42.5 Å². The zero-order valence-corrected chi connectivity index (χ0v) is 13.7. The highest BCUT2D eigenvalue weighted by atomic mass is 19.3. The Morgan fingerprint density at radius 1 is 1.08 bits per heavy atom. The van der Waals surface area contributed by atoms with Crippen LogP contribution in [0.25, 0.3) is 0 Å². The van der Waals surface area contributed by atoms with Crippen molar-refractivity contribution in [3.05, 3.63) is 48.0 Å². The van der Waals surface area contributed by atoms with Gasteiger partial charge in [0.15, 0.2) is 11.5 Å². The zero-order chi connectivity index (χ0) is 18.2. The SMILES string of the molecule is COc1ccc(CNC(=O)Nc2cccc(OC(F)F)c2)cc1OC. The molecule has 0 bridgehead atoms. The largest absolute Gasteiger partial charge is 0.493 e. The van der Waals surface area contributed by atoms with Crippen molar-refractivity contribution in [1.29, 1.82) is 0 Å². The van der Waals surface area contributed by atoms with Gasteiger partial charge in [-0.15, -0.1) is 0 Å². The lowest BCUT2D eigenvalue weighted by atomic mass is 10.2. The number of amides is 2. The van der Waals surface area contributed by atoms with Gasteiger partial charge in [-0.25, -0.2) is 4.79 Å². The minimum Gasteiger partial charge on any atom is -0.493 e. The van der Waals surface area contributed by atoms with E-state index in [0.29, 0.717) is 17.2 Å². The summed E-state index contributed by atoms with van der Waals surface area (Å²) in [5.41, 5.74) is 1.14. The van der Waals surface area contributed by atoms with Crippen LogP contribution in [0.5, 0.6) is 17.2 Å². The standard InChI is InChI=1S/C17H18F2N2O4/c1-23-14-7-6-11(8-15(14)24-2)10-20-17(22)21-12-4-3-5-13(9-12)25-16(18)19/h3-9,16H,10H2,1-2H3,(H2,20,21,22). The van der Waals surface area contributed by atoms with Gasteiger partial charge in [0.05, 0.1) is 14.2 Å². The number of rotatable bonds is 7. The second-order valence-electron chi connectivity index (χ2n) is 4.90. The summed E-state index contributed by atoms with van der Waals surface area (Å²) >= 11 is 0. The first kappa shape index (κ1) is 18.3. The third kappa shape index (κ3) is 5.52. The molecule has 0 saturated heterocycles.